The summed E-state index contributed by atoms with van der Waals surface area (Å²) < 4.78 is 12.7. The summed E-state index contributed by atoms with van der Waals surface area (Å²) in [5.41, 5.74) is 7.62. The Labute approximate surface area is 181 Å². The Balaban J connectivity index is 0.000000375. The third-order valence-electron chi connectivity index (χ3n) is 5.63. The van der Waals surface area contributed by atoms with E-state index in [4.69, 9.17) is 21.2 Å². The van der Waals surface area contributed by atoms with Gasteiger partial charge in [-0.25, -0.2) is 4.39 Å². The van der Waals surface area contributed by atoms with Gasteiger partial charge in [0.05, 0.1) is 18.2 Å². The number of allylic oxidation sites excluding steroid dienone is 5. The highest BCUT2D eigenvalue weighted by molar-refractivity contribution is 6.15. The van der Waals surface area contributed by atoms with Gasteiger partial charge in [0.2, 0.25) is 0 Å². The van der Waals surface area contributed by atoms with Gasteiger partial charge >= 0.3 is 0 Å². The molecule has 0 saturated heterocycles. The fourth-order valence-corrected chi connectivity index (χ4v) is 3.45. The minimum atomic E-state index is -1.10. The van der Waals surface area contributed by atoms with Gasteiger partial charge in [-0.3, -0.25) is 4.99 Å². The lowest BCUT2D eigenvalue weighted by molar-refractivity contribution is 0.144. The van der Waals surface area contributed by atoms with Crippen molar-refractivity contribution in [3.05, 3.63) is 48.4 Å². The lowest BCUT2D eigenvalue weighted by atomic mass is 9.95. The minimum Gasteiger partial charge on any atom is -0.401 e. The van der Waals surface area contributed by atoms with Gasteiger partial charge in [-0.15, -0.1) is 0 Å². The van der Waals surface area contributed by atoms with Gasteiger partial charge in [-0.05, 0) is 37.8 Å². The maximum Gasteiger partial charge on any atom is 0.135 e. The monoisotopic (exact) mass is 418 g/mol. The van der Waals surface area contributed by atoms with Crippen molar-refractivity contribution in [3.8, 4) is 0 Å². The van der Waals surface area contributed by atoms with Crippen LogP contribution in [-0.4, -0.2) is 36.0 Å². The second kappa shape index (κ2) is 14.7. The number of hydrogen-bond donors (Lipinski definition) is 4. The van der Waals surface area contributed by atoms with Crippen LogP contribution in [0.1, 0.15) is 58.8 Å². The van der Waals surface area contributed by atoms with E-state index in [1.54, 1.807) is 12.3 Å². The molecule has 1 fully saturated rings. The Hall–Kier alpha value is -2.21. The normalized spacial score (nSPS) is 22.3. The van der Waals surface area contributed by atoms with Gasteiger partial charge in [-0.2, -0.15) is 0 Å². The molecule has 6 heteroatoms. The summed E-state index contributed by atoms with van der Waals surface area (Å²) >= 11 is 0. The van der Waals surface area contributed by atoms with Gasteiger partial charge in [0.1, 0.15) is 12.0 Å². The Morgan fingerprint density at radius 3 is 2.57 bits per heavy atom. The molecular formula is C24H39FN4O. The van der Waals surface area contributed by atoms with Gasteiger partial charge in [0, 0.05) is 17.8 Å². The molecule has 0 amide bonds. The molecule has 0 bridgehead atoms. The second-order valence-electron chi connectivity index (χ2n) is 7.85. The average Bonchev–Trinajstić information content (AvgIpc) is 2.80. The van der Waals surface area contributed by atoms with E-state index in [1.165, 1.54) is 25.5 Å². The van der Waals surface area contributed by atoms with E-state index < -0.39 is 6.17 Å². The molecule has 5 N–H and O–H groups in total. The molecule has 0 radical (unpaired) electrons. The number of aliphatic hydroxyl groups is 1. The third-order valence-corrected chi connectivity index (χ3v) is 5.63. The SMILES string of the molecule is C=CNC(=NC1CCCCC1)/C(C=N)=C(/N)C(C)CC.OCC(F)C1C=CC=CC1. The van der Waals surface area contributed by atoms with Crippen molar-refractivity contribution in [1.82, 2.24) is 5.32 Å². The number of nitrogens with two attached hydrogens (primary N) is 1. The predicted octanol–water partition coefficient (Wildman–Crippen LogP) is 4.81. The third kappa shape index (κ3) is 8.66. The number of halogens is 1. The molecule has 2 aliphatic rings. The second-order valence-corrected chi connectivity index (χ2v) is 7.85. The zero-order valence-corrected chi connectivity index (χ0v) is 18.5. The fraction of sp³-hybridized carbons (Fsp3) is 0.583. The van der Waals surface area contributed by atoms with Crippen LogP contribution in [0.25, 0.3) is 0 Å². The first-order valence-corrected chi connectivity index (χ1v) is 11.0. The van der Waals surface area contributed by atoms with E-state index in [0.29, 0.717) is 23.9 Å². The first-order chi connectivity index (χ1) is 14.5. The summed E-state index contributed by atoms with van der Waals surface area (Å²) in [6.07, 6.45) is 16.9. The largest absolute Gasteiger partial charge is 0.401 e. The quantitative estimate of drug-likeness (QED) is 0.337. The Morgan fingerprint density at radius 2 is 2.07 bits per heavy atom. The molecule has 168 valence electrons. The first-order valence-electron chi connectivity index (χ1n) is 11.0. The average molecular weight is 419 g/mol. The van der Waals surface area contributed by atoms with Crippen LogP contribution in [0.15, 0.2) is 53.3 Å². The molecule has 5 nitrogen and oxygen atoms in total. The minimum absolute atomic E-state index is 0.116. The van der Waals surface area contributed by atoms with E-state index in [9.17, 15) is 4.39 Å². The Morgan fingerprint density at radius 1 is 1.37 bits per heavy atom. The van der Waals surface area contributed by atoms with Crippen molar-refractivity contribution in [2.24, 2.45) is 22.6 Å². The topological polar surface area (TPSA) is 94.5 Å². The standard InChI is InChI=1S/C16H28N4.C8H11FO/c1-4-12(3)15(18)14(11-17)16(19-5-2)20-13-9-7-6-8-10-13;9-8(6-10)7-4-2-1-3-5-7/h5,11-13,17H,2,4,6-10,18H2,1,3H3,(H,19,20);1-4,7-8,10H,5-6H2/b15-14+,17-11?;. The van der Waals surface area contributed by atoms with Gasteiger partial charge in [-0.1, -0.05) is 64.0 Å². The van der Waals surface area contributed by atoms with Crippen LogP contribution in [0.4, 0.5) is 4.39 Å². The smallest absolute Gasteiger partial charge is 0.135 e. The Bertz CT molecular complexity index is 648. The molecule has 0 heterocycles. The highest BCUT2D eigenvalue weighted by Gasteiger charge is 2.18. The van der Waals surface area contributed by atoms with Gasteiger partial charge in [0.25, 0.3) is 0 Å². The van der Waals surface area contributed by atoms with Crippen LogP contribution < -0.4 is 11.1 Å². The number of amidine groups is 1. The molecule has 2 aliphatic carbocycles. The molecule has 1 saturated carbocycles. The molecule has 0 aliphatic heterocycles. The maximum atomic E-state index is 12.7. The molecule has 0 aromatic rings. The number of aliphatic hydroxyl groups excluding tert-OH is 1. The molecule has 0 aromatic heterocycles. The summed E-state index contributed by atoms with van der Waals surface area (Å²) in [6, 6.07) is 0.339. The number of rotatable bonds is 8. The number of hydrogen-bond acceptors (Lipinski definition) is 4. The number of alkyl halides is 1. The molecule has 0 spiro atoms. The molecular weight excluding hydrogens is 379 g/mol. The van der Waals surface area contributed by atoms with Crippen molar-refractivity contribution < 1.29 is 9.50 Å². The zero-order valence-electron chi connectivity index (χ0n) is 18.5. The highest BCUT2D eigenvalue weighted by atomic mass is 19.1. The van der Waals surface area contributed by atoms with Crippen LogP contribution in [0.3, 0.4) is 0 Å². The summed E-state index contributed by atoms with van der Waals surface area (Å²) in [6.45, 7) is 7.50. The first kappa shape index (κ1) is 25.8. The van der Waals surface area contributed by atoms with Crippen molar-refractivity contribution in [3.63, 3.8) is 0 Å². The number of aliphatic imine (C=N–C) groups is 1. The van der Waals surface area contributed by atoms with Crippen molar-refractivity contribution in [2.75, 3.05) is 6.61 Å². The van der Waals surface area contributed by atoms with Gasteiger partial charge < -0.3 is 21.6 Å². The Kier molecular flexibility index (Phi) is 12.7. The van der Waals surface area contributed by atoms with Crippen molar-refractivity contribution in [1.29, 1.82) is 5.41 Å². The van der Waals surface area contributed by atoms with Crippen LogP contribution in [-0.2, 0) is 0 Å². The van der Waals surface area contributed by atoms with Crippen molar-refractivity contribution in [2.45, 2.75) is 71.0 Å². The van der Waals surface area contributed by atoms with Crippen LogP contribution in [0.5, 0.6) is 0 Å². The molecule has 0 aromatic carbocycles. The molecule has 3 atom stereocenters. The van der Waals surface area contributed by atoms with E-state index in [1.807, 2.05) is 18.2 Å². The number of nitrogens with one attached hydrogen (secondary N) is 2. The maximum absolute atomic E-state index is 12.7. The number of nitrogens with zero attached hydrogens (tertiary/aromatic N) is 1. The van der Waals surface area contributed by atoms with Crippen LogP contribution in [0, 0.1) is 17.2 Å². The summed E-state index contributed by atoms with van der Waals surface area (Å²) in [4.78, 5) is 4.78. The lowest BCUT2D eigenvalue weighted by Crippen LogP contribution is -2.28. The van der Waals surface area contributed by atoms with E-state index in [0.717, 1.165) is 25.0 Å². The summed E-state index contributed by atoms with van der Waals surface area (Å²) in [5.74, 6) is 0.824. The molecule has 3 unspecified atom stereocenters. The predicted molar refractivity (Wildman–Crippen MR) is 125 cm³/mol. The lowest BCUT2D eigenvalue weighted by Gasteiger charge is -2.21. The highest BCUT2D eigenvalue weighted by Crippen LogP contribution is 2.22. The van der Waals surface area contributed by atoms with E-state index >= 15 is 0 Å². The summed E-state index contributed by atoms with van der Waals surface area (Å²) in [5, 5.41) is 19.2. The summed E-state index contributed by atoms with van der Waals surface area (Å²) in [7, 11) is 0. The van der Waals surface area contributed by atoms with E-state index in [-0.39, 0.29) is 18.4 Å². The molecule has 2 rings (SSSR count). The fourth-order valence-electron chi connectivity index (χ4n) is 3.45. The zero-order chi connectivity index (χ0) is 22.4. The van der Waals surface area contributed by atoms with E-state index in [2.05, 4.69) is 25.7 Å². The van der Waals surface area contributed by atoms with Crippen molar-refractivity contribution >= 4 is 12.1 Å². The van der Waals surface area contributed by atoms with Gasteiger partial charge in [0.15, 0.2) is 0 Å². The van der Waals surface area contributed by atoms with Crippen LogP contribution in [0.2, 0.25) is 0 Å². The molecule has 30 heavy (non-hydrogen) atoms. The van der Waals surface area contributed by atoms with Crippen LogP contribution >= 0.6 is 0 Å².